The van der Waals surface area contributed by atoms with Crippen LogP contribution >= 0.6 is 0 Å². The summed E-state index contributed by atoms with van der Waals surface area (Å²) in [5.41, 5.74) is 6.33. The van der Waals surface area contributed by atoms with Crippen molar-refractivity contribution in [3.05, 3.63) is 24.3 Å². The summed E-state index contributed by atoms with van der Waals surface area (Å²) in [5, 5.41) is 8.91. The molecule has 0 spiro atoms. The van der Waals surface area contributed by atoms with E-state index in [1.165, 1.54) is 5.69 Å². The van der Waals surface area contributed by atoms with Crippen molar-refractivity contribution < 1.29 is 4.74 Å². The molecule has 0 saturated heterocycles. The van der Waals surface area contributed by atoms with Crippen LogP contribution in [0.5, 0.6) is 5.75 Å². The number of para-hydroxylation sites is 2. The number of anilines is 1. The lowest BCUT2D eigenvalue weighted by molar-refractivity contribution is 0.322. The molecule has 0 aromatic heterocycles. The number of hydrogen-bond donors (Lipinski definition) is 1. The van der Waals surface area contributed by atoms with Crippen LogP contribution in [0.2, 0.25) is 0 Å². The van der Waals surface area contributed by atoms with Gasteiger partial charge in [0.05, 0.1) is 18.4 Å². The van der Waals surface area contributed by atoms with Gasteiger partial charge in [-0.05, 0) is 44.7 Å². The normalized spacial score (nSPS) is 17.4. The summed E-state index contributed by atoms with van der Waals surface area (Å²) in [6, 6.07) is 10.3. The Morgan fingerprint density at radius 3 is 3.00 bits per heavy atom. The molecule has 0 radical (unpaired) electrons. The summed E-state index contributed by atoms with van der Waals surface area (Å²) >= 11 is 0. The Labute approximate surface area is 121 Å². The van der Waals surface area contributed by atoms with Gasteiger partial charge in [-0.2, -0.15) is 5.26 Å². The van der Waals surface area contributed by atoms with E-state index in [9.17, 15) is 0 Å². The number of nitrogens with two attached hydrogens (primary N) is 1. The van der Waals surface area contributed by atoms with Crippen LogP contribution in [0.1, 0.15) is 32.6 Å². The number of ether oxygens (including phenoxy) is 1. The molecule has 0 amide bonds. The molecule has 2 N–H and O–H groups in total. The molecule has 0 aliphatic carbocycles. The van der Waals surface area contributed by atoms with E-state index >= 15 is 0 Å². The Bertz CT molecular complexity index is 479. The highest BCUT2D eigenvalue weighted by Crippen LogP contribution is 2.30. The zero-order valence-electron chi connectivity index (χ0n) is 12.1. The molecule has 0 fully saturated rings. The van der Waals surface area contributed by atoms with E-state index in [1.807, 2.05) is 18.2 Å². The number of fused-ring (bicyclic) bond motifs is 1. The van der Waals surface area contributed by atoms with Crippen molar-refractivity contribution in [2.45, 2.75) is 38.1 Å². The second-order valence-electron chi connectivity index (χ2n) is 5.64. The van der Waals surface area contributed by atoms with Crippen LogP contribution in [-0.4, -0.2) is 25.2 Å². The van der Waals surface area contributed by atoms with E-state index in [0.29, 0.717) is 0 Å². The molecule has 1 atom stereocenters. The lowest BCUT2D eigenvalue weighted by Crippen LogP contribution is -2.34. The number of nitriles is 1. The summed E-state index contributed by atoms with van der Waals surface area (Å²) < 4.78 is 5.75. The number of unbranched alkanes of at least 4 members (excludes halogenated alkanes) is 1. The van der Waals surface area contributed by atoms with Gasteiger partial charge in [0.1, 0.15) is 11.3 Å². The highest BCUT2D eigenvalue weighted by molar-refractivity contribution is 5.58. The van der Waals surface area contributed by atoms with E-state index in [4.69, 9.17) is 15.7 Å². The van der Waals surface area contributed by atoms with E-state index in [-0.39, 0.29) is 0 Å². The van der Waals surface area contributed by atoms with Crippen molar-refractivity contribution in [3.63, 3.8) is 0 Å². The zero-order valence-corrected chi connectivity index (χ0v) is 12.1. The molecular formula is C16H23N3O. The van der Waals surface area contributed by atoms with Gasteiger partial charge in [0.15, 0.2) is 0 Å². The van der Waals surface area contributed by atoms with Gasteiger partial charge in [0.25, 0.3) is 0 Å². The van der Waals surface area contributed by atoms with Gasteiger partial charge in [-0.25, -0.2) is 0 Å². The molecule has 1 aliphatic heterocycles. The van der Waals surface area contributed by atoms with E-state index in [1.54, 1.807) is 6.92 Å². The minimum atomic E-state index is -0.695. The molecule has 1 unspecified atom stereocenters. The first-order valence-corrected chi connectivity index (χ1v) is 7.29. The van der Waals surface area contributed by atoms with Gasteiger partial charge in [-0.1, -0.05) is 12.1 Å². The second kappa shape index (κ2) is 6.62. The standard InChI is InChI=1S/C16H23N3O/c1-16(18,13-17)9-4-5-10-19-11-6-12-20-15-8-3-2-7-14(15)19/h2-3,7-8H,4-6,9-12,18H2,1H3. The quantitative estimate of drug-likeness (QED) is 0.838. The number of benzene rings is 1. The highest BCUT2D eigenvalue weighted by atomic mass is 16.5. The third-order valence-electron chi connectivity index (χ3n) is 3.67. The fourth-order valence-corrected chi connectivity index (χ4v) is 2.48. The highest BCUT2D eigenvalue weighted by Gasteiger charge is 2.18. The fourth-order valence-electron chi connectivity index (χ4n) is 2.48. The second-order valence-corrected chi connectivity index (χ2v) is 5.64. The van der Waals surface area contributed by atoms with Crippen LogP contribution in [0, 0.1) is 11.3 Å². The zero-order chi connectivity index (χ0) is 14.4. The Morgan fingerprint density at radius 2 is 2.20 bits per heavy atom. The minimum absolute atomic E-state index is 0.695. The SMILES string of the molecule is CC(N)(C#N)CCCCN1CCCOc2ccccc21. The summed E-state index contributed by atoms with van der Waals surface area (Å²) in [6.07, 6.45) is 3.81. The molecular weight excluding hydrogens is 250 g/mol. The molecule has 0 bridgehead atoms. The molecule has 0 saturated carbocycles. The number of hydrogen-bond acceptors (Lipinski definition) is 4. The van der Waals surface area contributed by atoms with Crippen molar-refractivity contribution in [2.75, 3.05) is 24.6 Å². The predicted molar refractivity (Wildman–Crippen MR) is 80.8 cm³/mol. The number of rotatable bonds is 5. The fraction of sp³-hybridized carbons (Fsp3) is 0.562. The third kappa shape index (κ3) is 3.88. The maximum absolute atomic E-state index is 8.91. The van der Waals surface area contributed by atoms with Crippen LogP contribution in [0.3, 0.4) is 0 Å². The van der Waals surface area contributed by atoms with E-state index in [0.717, 1.165) is 51.1 Å². The minimum Gasteiger partial charge on any atom is -0.491 e. The molecule has 1 aromatic rings. The summed E-state index contributed by atoms with van der Waals surface area (Å²) in [4.78, 5) is 2.38. The molecule has 20 heavy (non-hydrogen) atoms. The molecule has 1 heterocycles. The van der Waals surface area contributed by atoms with E-state index in [2.05, 4.69) is 17.0 Å². The summed E-state index contributed by atoms with van der Waals surface area (Å²) in [7, 11) is 0. The number of nitrogens with zero attached hydrogens (tertiary/aromatic N) is 2. The van der Waals surface area contributed by atoms with Crippen molar-refractivity contribution in [1.82, 2.24) is 0 Å². The van der Waals surface area contributed by atoms with Gasteiger partial charge in [0.2, 0.25) is 0 Å². The first-order valence-electron chi connectivity index (χ1n) is 7.29. The van der Waals surface area contributed by atoms with Gasteiger partial charge in [-0.3, -0.25) is 0 Å². The van der Waals surface area contributed by atoms with Crippen molar-refractivity contribution >= 4 is 5.69 Å². The smallest absolute Gasteiger partial charge is 0.142 e. The average Bonchev–Trinajstić information content (AvgIpc) is 2.66. The Kier molecular flexibility index (Phi) is 4.86. The monoisotopic (exact) mass is 273 g/mol. The first-order chi connectivity index (χ1) is 9.62. The van der Waals surface area contributed by atoms with Gasteiger partial charge in [-0.15, -0.1) is 0 Å². The average molecular weight is 273 g/mol. The lowest BCUT2D eigenvalue weighted by atomic mass is 9.98. The largest absolute Gasteiger partial charge is 0.491 e. The van der Waals surface area contributed by atoms with Gasteiger partial charge in [0, 0.05) is 13.1 Å². The van der Waals surface area contributed by atoms with Gasteiger partial charge < -0.3 is 15.4 Å². The van der Waals surface area contributed by atoms with Crippen molar-refractivity contribution in [2.24, 2.45) is 5.73 Å². The summed E-state index contributed by atoms with van der Waals surface area (Å²) in [5.74, 6) is 0.977. The van der Waals surface area contributed by atoms with Crippen LogP contribution in [-0.2, 0) is 0 Å². The molecule has 4 heteroatoms. The third-order valence-corrected chi connectivity index (χ3v) is 3.67. The van der Waals surface area contributed by atoms with Gasteiger partial charge >= 0.3 is 0 Å². The predicted octanol–water partition coefficient (Wildman–Crippen LogP) is 2.69. The Morgan fingerprint density at radius 1 is 1.40 bits per heavy atom. The lowest BCUT2D eigenvalue weighted by Gasteiger charge is -2.24. The Balaban J connectivity index is 1.89. The van der Waals surface area contributed by atoms with Crippen LogP contribution < -0.4 is 15.4 Å². The topological polar surface area (TPSA) is 62.3 Å². The molecule has 108 valence electrons. The van der Waals surface area contributed by atoms with Crippen LogP contribution in [0.25, 0.3) is 0 Å². The Hall–Kier alpha value is -1.73. The van der Waals surface area contributed by atoms with Crippen molar-refractivity contribution in [3.8, 4) is 11.8 Å². The molecule has 1 aliphatic rings. The van der Waals surface area contributed by atoms with E-state index < -0.39 is 5.54 Å². The molecule has 1 aromatic carbocycles. The van der Waals surface area contributed by atoms with Crippen LogP contribution in [0.4, 0.5) is 5.69 Å². The maximum Gasteiger partial charge on any atom is 0.142 e. The maximum atomic E-state index is 8.91. The first kappa shape index (κ1) is 14.7. The molecule has 4 nitrogen and oxygen atoms in total. The van der Waals surface area contributed by atoms with Crippen molar-refractivity contribution in [1.29, 1.82) is 5.26 Å². The molecule has 2 rings (SSSR count). The van der Waals surface area contributed by atoms with Crippen LogP contribution in [0.15, 0.2) is 24.3 Å². The summed E-state index contributed by atoms with van der Waals surface area (Å²) in [6.45, 7) is 4.59.